The highest BCUT2D eigenvalue weighted by molar-refractivity contribution is 6.10. The van der Waals surface area contributed by atoms with Gasteiger partial charge in [0.15, 0.2) is 5.58 Å². The van der Waals surface area contributed by atoms with Crippen molar-refractivity contribution in [2.45, 2.75) is 32.4 Å². The molecular formula is C23H20F3NO. The molecule has 0 aliphatic carbocycles. The van der Waals surface area contributed by atoms with E-state index in [1.54, 1.807) is 12.1 Å². The van der Waals surface area contributed by atoms with Gasteiger partial charge in [0.25, 0.3) is 0 Å². The Balaban J connectivity index is 1.91. The van der Waals surface area contributed by atoms with Crippen LogP contribution in [0.5, 0.6) is 0 Å². The summed E-state index contributed by atoms with van der Waals surface area (Å²) in [4.78, 5) is 0. The first-order valence-electron chi connectivity index (χ1n) is 9.04. The smallest absolute Gasteiger partial charge is 0.418 e. The molecule has 3 aromatic carbocycles. The van der Waals surface area contributed by atoms with Crippen molar-refractivity contribution in [2.75, 3.05) is 5.32 Å². The van der Waals surface area contributed by atoms with E-state index in [1.165, 1.54) is 12.1 Å². The van der Waals surface area contributed by atoms with Gasteiger partial charge >= 0.3 is 6.18 Å². The minimum Gasteiger partial charge on any atom is -0.454 e. The summed E-state index contributed by atoms with van der Waals surface area (Å²) in [6.45, 7) is 6.31. The van der Waals surface area contributed by atoms with Gasteiger partial charge in [0.1, 0.15) is 5.58 Å². The second-order valence-electron chi connectivity index (χ2n) is 7.88. The molecule has 0 spiro atoms. The Hall–Kier alpha value is -2.95. The quantitative estimate of drug-likeness (QED) is 0.385. The molecule has 5 heteroatoms. The van der Waals surface area contributed by atoms with Crippen LogP contribution in [0.1, 0.15) is 31.9 Å². The van der Waals surface area contributed by atoms with Gasteiger partial charge in [0.05, 0.1) is 16.9 Å². The highest BCUT2D eigenvalue weighted by Gasteiger charge is 2.33. The maximum absolute atomic E-state index is 13.4. The van der Waals surface area contributed by atoms with E-state index in [9.17, 15) is 13.2 Å². The van der Waals surface area contributed by atoms with E-state index in [0.29, 0.717) is 11.3 Å². The zero-order valence-electron chi connectivity index (χ0n) is 15.8. The van der Waals surface area contributed by atoms with Crippen LogP contribution in [0.2, 0.25) is 0 Å². The summed E-state index contributed by atoms with van der Waals surface area (Å²) < 4.78 is 46.3. The fourth-order valence-electron chi connectivity index (χ4n) is 3.49. The summed E-state index contributed by atoms with van der Waals surface area (Å²) in [6.07, 6.45) is -4.44. The van der Waals surface area contributed by atoms with Crippen LogP contribution in [-0.2, 0) is 11.6 Å². The standard InChI is InChI=1S/C23H20F3NO/c1-22(2,3)17-11-6-8-14-15-9-7-13-19(21(15)28-20(14)17)27-18-12-5-4-10-16(18)23(24,25)26/h4-13,27H,1-3H3. The van der Waals surface area contributed by atoms with E-state index in [0.717, 1.165) is 28.0 Å². The van der Waals surface area contributed by atoms with E-state index in [-0.39, 0.29) is 11.1 Å². The Bertz CT molecular complexity index is 1170. The molecule has 144 valence electrons. The molecule has 0 fully saturated rings. The first-order valence-corrected chi connectivity index (χ1v) is 9.04. The van der Waals surface area contributed by atoms with E-state index >= 15 is 0 Å². The number of nitrogens with one attached hydrogen (secondary N) is 1. The van der Waals surface area contributed by atoms with Crippen molar-refractivity contribution < 1.29 is 17.6 Å². The molecule has 0 saturated carbocycles. The van der Waals surface area contributed by atoms with Crippen LogP contribution in [0.3, 0.4) is 0 Å². The summed E-state index contributed by atoms with van der Waals surface area (Å²) in [6, 6.07) is 16.9. The molecule has 4 aromatic rings. The van der Waals surface area contributed by atoms with Crippen LogP contribution in [-0.4, -0.2) is 0 Å². The average molecular weight is 383 g/mol. The molecule has 1 heterocycles. The Morgan fingerprint density at radius 1 is 0.679 bits per heavy atom. The van der Waals surface area contributed by atoms with E-state index in [1.807, 2.05) is 30.3 Å². The highest BCUT2D eigenvalue weighted by Crippen LogP contribution is 2.41. The van der Waals surface area contributed by atoms with Gasteiger partial charge in [-0.1, -0.05) is 63.2 Å². The Morgan fingerprint density at radius 2 is 1.25 bits per heavy atom. The van der Waals surface area contributed by atoms with Gasteiger partial charge < -0.3 is 9.73 Å². The second kappa shape index (κ2) is 6.30. The first-order chi connectivity index (χ1) is 13.2. The number of furan rings is 1. The van der Waals surface area contributed by atoms with Crippen molar-refractivity contribution in [3.05, 3.63) is 71.8 Å². The van der Waals surface area contributed by atoms with Crippen molar-refractivity contribution >= 4 is 33.3 Å². The van der Waals surface area contributed by atoms with Crippen LogP contribution in [0.25, 0.3) is 21.9 Å². The van der Waals surface area contributed by atoms with Crippen LogP contribution >= 0.6 is 0 Å². The van der Waals surface area contributed by atoms with Crippen molar-refractivity contribution in [1.29, 1.82) is 0 Å². The average Bonchev–Trinajstić information content (AvgIpc) is 3.00. The summed E-state index contributed by atoms with van der Waals surface area (Å²) >= 11 is 0. The largest absolute Gasteiger partial charge is 0.454 e. The predicted octanol–water partition coefficient (Wildman–Crippen LogP) is 7.65. The number of anilines is 2. The van der Waals surface area contributed by atoms with Crippen LogP contribution in [0, 0.1) is 0 Å². The Morgan fingerprint density at radius 3 is 1.93 bits per heavy atom. The number of hydrogen-bond acceptors (Lipinski definition) is 2. The zero-order valence-corrected chi connectivity index (χ0v) is 15.8. The molecular weight excluding hydrogens is 363 g/mol. The molecule has 28 heavy (non-hydrogen) atoms. The maximum Gasteiger partial charge on any atom is 0.418 e. The molecule has 0 saturated heterocycles. The Labute approximate surface area is 161 Å². The number of benzene rings is 3. The molecule has 0 aliphatic heterocycles. The van der Waals surface area contributed by atoms with Gasteiger partial charge in [-0.05, 0) is 23.6 Å². The lowest BCUT2D eigenvalue weighted by Gasteiger charge is -2.18. The molecule has 0 bridgehead atoms. The lowest BCUT2D eigenvalue weighted by Crippen LogP contribution is -2.10. The number of alkyl halides is 3. The minimum absolute atomic E-state index is 0.000925. The maximum atomic E-state index is 13.4. The van der Waals surface area contributed by atoms with Crippen molar-refractivity contribution in [3.8, 4) is 0 Å². The van der Waals surface area contributed by atoms with Crippen molar-refractivity contribution in [3.63, 3.8) is 0 Å². The molecule has 1 aromatic heterocycles. The molecule has 0 radical (unpaired) electrons. The SMILES string of the molecule is CC(C)(C)c1cccc2c1oc1c(Nc3ccccc3C(F)(F)F)cccc12. The van der Waals surface area contributed by atoms with Crippen LogP contribution in [0.4, 0.5) is 24.5 Å². The molecule has 0 aliphatic rings. The normalized spacial score (nSPS) is 12.6. The fraction of sp³-hybridized carbons (Fsp3) is 0.217. The third-order valence-corrected chi connectivity index (χ3v) is 4.83. The van der Waals surface area contributed by atoms with Gasteiger partial charge in [-0.2, -0.15) is 13.2 Å². The van der Waals surface area contributed by atoms with Gasteiger partial charge in [-0.25, -0.2) is 0 Å². The predicted molar refractivity (Wildman–Crippen MR) is 107 cm³/mol. The summed E-state index contributed by atoms with van der Waals surface area (Å²) in [7, 11) is 0. The molecule has 0 amide bonds. The Kier molecular flexibility index (Phi) is 4.14. The molecule has 4 rings (SSSR count). The monoisotopic (exact) mass is 383 g/mol. The molecule has 0 atom stereocenters. The molecule has 1 N–H and O–H groups in total. The summed E-state index contributed by atoms with van der Waals surface area (Å²) in [5, 5.41) is 4.75. The first kappa shape index (κ1) is 18.4. The number of para-hydroxylation sites is 3. The third kappa shape index (κ3) is 3.11. The van der Waals surface area contributed by atoms with E-state index in [4.69, 9.17) is 4.42 Å². The number of rotatable bonds is 2. The number of hydrogen-bond donors (Lipinski definition) is 1. The molecule has 0 unspecified atom stereocenters. The van der Waals surface area contributed by atoms with Crippen molar-refractivity contribution in [2.24, 2.45) is 0 Å². The van der Waals surface area contributed by atoms with Crippen LogP contribution < -0.4 is 5.32 Å². The zero-order chi connectivity index (χ0) is 20.1. The van der Waals surface area contributed by atoms with Gasteiger partial charge in [0.2, 0.25) is 0 Å². The van der Waals surface area contributed by atoms with Crippen LogP contribution in [0.15, 0.2) is 65.1 Å². The number of fused-ring (bicyclic) bond motifs is 3. The van der Waals surface area contributed by atoms with E-state index in [2.05, 4.69) is 26.1 Å². The van der Waals surface area contributed by atoms with Gasteiger partial charge in [-0.15, -0.1) is 0 Å². The summed E-state index contributed by atoms with van der Waals surface area (Å²) in [5.41, 5.74) is 2.05. The minimum atomic E-state index is -4.44. The summed E-state index contributed by atoms with van der Waals surface area (Å²) in [5.74, 6) is 0. The lowest BCUT2D eigenvalue weighted by molar-refractivity contribution is -0.136. The second-order valence-corrected chi connectivity index (χ2v) is 7.88. The lowest BCUT2D eigenvalue weighted by atomic mass is 9.86. The van der Waals surface area contributed by atoms with Crippen molar-refractivity contribution in [1.82, 2.24) is 0 Å². The number of halogens is 3. The third-order valence-electron chi connectivity index (χ3n) is 4.83. The van der Waals surface area contributed by atoms with Gasteiger partial charge in [-0.3, -0.25) is 0 Å². The highest BCUT2D eigenvalue weighted by atomic mass is 19.4. The fourth-order valence-corrected chi connectivity index (χ4v) is 3.49. The van der Waals surface area contributed by atoms with Gasteiger partial charge in [0, 0.05) is 16.3 Å². The topological polar surface area (TPSA) is 25.2 Å². The molecule has 2 nitrogen and oxygen atoms in total. The van der Waals surface area contributed by atoms with E-state index < -0.39 is 11.7 Å².